The van der Waals surface area contributed by atoms with Crippen LogP contribution in [0.15, 0.2) is 24.5 Å². The first kappa shape index (κ1) is 11.1. The van der Waals surface area contributed by atoms with E-state index in [0.717, 1.165) is 22.8 Å². The number of hydrogen-bond donors (Lipinski definition) is 0. The van der Waals surface area contributed by atoms with Crippen molar-refractivity contribution in [1.82, 2.24) is 14.8 Å². The van der Waals surface area contributed by atoms with Crippen molar-refractivity contribution < 1.29 is 0 Å². The largest absolute Gasteiger partial charge is 0.248 e. The summed E-state index contributed by atoms with van der Waals surface area (Å²) in [5.41, 5.74) is 2.29. The number of aromatic nitrogens is 3. The van der Waals surface area contributed by atoms with Crippen molar-refractivity contribution in [3.05, 3.63) is 46.5 Å². The minimum Gasteiger partial charge on any atom is -0.248 e. The quantitative estimate of drug-likeness (QED) is 0.819. The maximum Gasteiger partial charge on any atom is 0.150 e. The molecule has 3 nitrogen and oxygen atoms in total. The third-order valence-corrected chi connectivity index (χ3v) is 2.93. The second-order valence-corrected chi connectivity index (χ2v) is 4.15. The first-order valence-electron chi connectivity index (χ1n) is 5.33. The van der Waals surface area contributed by atoms with Gasteiger partial charge in [-0.2, -0.15) is 5.10 Å². The molecular weight excluding hydrogens is 222 g/mol. The number of rotatable bonds is 3. The van der Waals surface area contributed by atoms with Crippen LogP contribution in [0.2, 0.25) is 5.02 Å². The first-order valence-corrected chi connectivity index (χ1v) is 5.71. The third kappa shape index (κ3) is 2.25. The normalized spacial score (nSPS) is 10.7. The Kier molecular flexibility index (Phi) is 3.25. The van der Waals surface area contributed by atoms with E-state index in [2.05, 4.69) is 23.1 Å². The van der Waals surface area contributed by atoms with Gasteiger partial charge in [0.25, 0.3) is 0 Å². The molecule has 2 aromatic rings. The smallest absolute Gasteiger partial charge is 0.150 e. The molecule has 2 rings (SSSR count). The van der Waals surface area contributed by atoms with Crippen LogP contribution in [0.4, 0.5) is 0 Å². The van der Waals surface area contributed by atoms with Crippen molar-refractivity contribution in [2.45, 2.75) is 26.8 Å². The molecule has 0 radical (unpaired) electrons. The van der Waals surface area contributed by atoms with E-state index in [1.54, 1.807) is 6.33 Å². The summed E-state index contributed by atoms with van der Waals surface area (Å²) in [7, 11) is 0. The van der Waals surface area contributed by atoms with Gasteiger partial charge in [0.15, 0.2) is 0 Å². The van der Waals surface area contributed by atoms with Gasteiger partial charge in [-0.15, -0.1) is 0 Å². The van der Waals surface area contributed by atoms with E-state index >= 15 is 0 Å². The first-order chi connectivity index (χ1) is 7.70. The van der Waals surface area contributed by atoms with Gasteiger partial charge in [-0.3, -0.25) is 0 Å². The second-order valence-electron chi connectivity index (χ2n) is 3.75. The van der Waals surface area contributed by atoms with Gasteiger partial charge in [-0.1, -0.05) is 30.7 Å². The monoisotopic (exact) mass is 235 g/mol. The molecule has 84 valence electrons. The Morgan fingerprint density at radius 1 is 1.38 bits per heavy atom. The molecular formula is C12H14ClN3. The lowest BCUT2D eigenvalue weighted by atomic mass is 10.1. The van der Waals surface area contributed by atoms with Crippen LogP contribution >= 0.6 is 11.6 Å². The van der Waals surface area contributed by atoms with Crippen LogP contribution < -0.4 is 0 Å². The van der Waals surface area contributed by atoms with E-state index in [1.165, 1.54) is 5.56 Å². The second kappa shape index (κ2) is 4.66. The van der Waals surface area contributed by atoms with Crippen LogP contribution in [0.25, 0.3) is 0 Å². The summed E-state index contributed by atoms with van der Waals surface area (Å²) in [6.07, 6.45) is 2.61. The lowest BCUT2D eigenvalue weighted by molar-refractivity contribution is 0.671. The van der Waals surface area contributed by atoms with Gasteiger partial charge >= 0.3 is 0 Å². The molecule has 0 bridgehead atoms. The minimum absolute atomic E-state index is 0.679. The van der Waals surface area contributed by atoms with E-state index < -0.39 is 0 Å². The van der Waals surface area contributed by atoms with Crippen molar-refractivity contribution in [3.8, 4) is 0 Å². The molecule has 0 aliphatic heterocycles. The highest BCUT2D eigenvalue weighted by molar-refractivity contribution is 6.31. The van der Waals surface area contributed by atoms with Gasteiger partial charge in [0.1, 0.15) is 12.2 Å². The van der Waals surface area contributed by atoms with Crippen LogP contribution in [-0.4, -0.2) is 14.8 Å². The van der Waals surface area contributed by atoms with Crippen molar-refractivity contribution in [3.63, 3.8) is 0 Å². The number of halogens is 1. The van der Waals surface area contributed by atoms with Crippen LogP contribution in [0, 0.1) is 6.92 Å². The van der Waals surface area contributed by atoms with Crippen molar-refractivity contribution >= 4 is 11.6 Å². The van der Waals surface area contributed by atoms with Gasteiger partial charge in [0.2, 0.25) is 0 Å². The van der Waals surface area contributed by atoms with Crippen molar-refractivity contribution in [1.29, 1.82) is 0 Å². The predicted molar refractivity (Wildman–Crippen MR) is 64.7 cm³/mol. The van der Waals surface area contributed by atoms with Gasteiger partial charge < -0.3 is 0 Å². The molecule has 0 fully saturated rings. The highest BCUT2D eigenvalue weighted by Gasteiger charge is 2.06. The summed E-state index contributed by atoms with van der Waals surface area (Å²) in [5.74, 6) is 0.865. The predicted octanol–water partition coefficient (Wildman–Crippen LogP) is 2.85. The van der Waals surface area contributed by atoms with Gasteiger partial charge in [-0.05, 0) is 24.1 Å². The van der Waals surface area contributed by atoms with Crippen LogP contribution in [0.5, 0.6) is 0 Å². The van der Waals surface area contributed by atoms with Crippen LogP contribution in [-0.2, 0) is 13.0 Å². The van der Waals surface area contributed by atoms with E-state index in [0.29, 0.717) is 6.54 Å². The molecule has 1 heterocycles. The standard InChI is InChI=1S/C12H14ClN3/c1-3-12-14-8-16(15-12)7-10-9(2)5-4-6-11(10)13/h4-6,8H,3,7H2,1-2H3. The Bertz CT molecular complexity index is 471. The Labute approximate surface area is 100 Å². The zero-order valence-electron chi connectivity index (χ0n) is 9.44. The van der Waals surface area contributed by atoms with Gasteiger partial charge in [-0.25, -0.2) is 9.67 Å². The van der Waals surface area contributed by atoms with Crippen LogP contribution in [0.3, 0.4) is 0 Å². The summed E-state index contributed by atoms with van der Waals surface area (Å²) in [6.45, 7) is 4.78. The number of benzene rings is 1. The molecule has 0 saturated carbocycles. The number of hydrogen-bond acceptors (Lipinski definition) is 2. The summed E-state index contributed by atoms with van der Waals surface area (Å²) < 4.78 is 1.83. The average molecular weight is 236 g/mol. The zero-order chi connectivity index (χ0) is 11.5. The Balaban J connectivity index is 2.26. The fourth-order valence-electron chi connectivity index (χ4n) is 1.60. The SMILES string of the molecule is CCc1ncn(Cc2c(C)cccc2Cl)n1. The summed E-state index contributed by atoms with van der Waals surface area (Å²) in [6, 6.07) is 5.92. The third-order valence-electron chi connectivity index (χ3n) is 2.57. The topological polar surface area (TPSA) is 30.7 Å². The zero-order valence-corrected chi connectivity index (χ0v) is 10.2. The molecule has 0 spiro atoms. The molecule has 0 atom stereocenters. The molecule has 1 aromatic carbocycles. The minimum atomic E-state index is 0.679. The summed E-state index contributed by atoms with van der Waals surface area (Å²) in [4.78, 5) is 4.20. The van der Waals surface area contributed by atoms with E-state index in [-0.39, 0.29) is 0 Å². The van der Waals surface area contributed by atoms with E-state index in [9.17, 15) is 0 Å². The molecule has 0 aliphatic carbocycles. The Hall–Kier alpha value is -1.35. The lowest BCUT2D eigenvalue weighted by Crippen LogP contribution is -2.03. The molecule has 0 unspecified atom stereocenters. The molecule has 0 aliphatic rings. The lowest BCUT2D eigenvalue weighted by Gasteiger charge is -2.07. The Morgan fingerprint density at radius 3 is 2.81 bits per heavy atom. The summed E-state index contributed by atoms with van der Waals surface area (Å²) >= 11 is 6.16. The van der Waals surface area contributed by atoms with Gasteiger partial charge in [0.05, 0.1) is 6.54 Å². The maximum absolute atomic E-state index is 6.16. The molecule has 0 N–H and O–H groups in total. The van der Waals surface area contributed by atoms with Crippen molar-refractivity contribution in [2.24, 2.45) is 0 Å². The molecule has 0 saturated heterocycles. The van der Waals surface area contributed by atoms with Crippen LogP contribution in [0.1, 0.15) is 23.9 Å². The fraction of sp³-hybridized carbons (Fsp3) is 0.333. The highest BCUT2D eigenvalue weighted by Crippen LogP contribution is 2.20. The molecule has 1 aromatic heterocycles. The number of nitrogens with zero attached hydrogens (tertiary/aromatic N) is 3. The molecule has 16 heavy (non-hydrogen) atoms. The van der Waals surface area contributed by atoms with Crippen molar-refractivity contribution in [2.75, 3.05) is 0 Å². The van der Waals surface area contributed by atoms with E-state index in [1.807, 2.05) is 23.7 Å². The van der Waals surface area contributed by atoms with Gasteiger partial charge in [0, 0.05) is 11.4 Å². The van der Waals surface area contributed by atoms with E-state index in [4.69, 9.17) is 11.6 Å². The summed E-state index contributed by atoms with van der Waals surface area (Å²) in [5, 5.41) is 5.14. The fourth-order valence-corrected chi connectivity index (χ4v) is 1.88. The average Bonchev–Trinajstić information content (AvgIpc) is 2.71. The molecule has 0 amide bonds. The highest BCUT2D eigenvalue weighted by atomic mass is 35.5. The molecule has 4 heteroatoms. The Morgan fingerprint density at radius 2 is 2.19 bits per heavy atom. The maximum atomic E-state index is 6.16. The number of aryl methyl sites for hydroxylation is 2.